The van der Waals surface area contributed by atoms with E-state index in [1.54, 1.807) is 0 Å². The van der Waals surface area contributed by atoms with Crippen LogP contribution in [0.3, 0.4) is 0 Å². The van der Waals surface area contributed by atoms with Crippen LogP contribution < -0.4 is 5.32 Å². The Morgan fingerprint density at radius 1 is 1.25 bits per heavy atom. The Morgan fingerprint density at radius 3 is 2.69 bits per heavy atom. The van der Waals surface area contributed by atoms with Crippen molar-refractivity contribution in [1.29, 1.82) is 0 Å². The molecule has 0 aliphatic carbocycles. The summed E-state index contributed by atoms with van der Waals surface area (Å²) in [5.74, 6) is 0. The topological polar surface area (TPSA) is 15.3 Å². The second-order valence-corrected chi connectivity index (χ2v) is 4.50. The third-order valence-electron chi connectivity index (χ3n) is 3.08. The van der Waals surface area contributed by atoms with E-state index in [-0.39, 0.29) is 12.5 Å². The zero-order chi connectivity index (χ0) is 12.0. The van der Waals surface area contributed by atoms with Crippen molar-refractivity contribution in [2.45, 2.75) is 44.8 Å². The second kappa shape index (κ2) is 6.45. The van der Waals surface area contributed by atoms with Gasteiger partial charge in [-0.15, -0.1) is 0 Å². The molecule has 1 fully saturated rings. The Bertz CT molecular complexity index is 186. The van der Waals surface area contributed by atoms with E-state index in [2.05, 4.69) is 10.2 Å². The van der Waals surface area contributed by atoms with Crippen molar-refractivity contribution in [2.75, 3.05) is 26.2 Å². The van der Waals surface area contributed by atoms with Crippen LogP contribution in [-0.2, 0) is 0 Å². The number of alkyl halides is 3. The van der Waals surface area contributed by atoms with E-state index in [1.165, 1.54) is 0 Å². The molecular formula is C11H21F3N2. The molecule has 0 amide bonds. The highest BCUT2D eigenvalue weighted by Gasteiger charge is 2.27. The molecule has 0 radical (unpaired) electrons. The van der Waals surface area contributed by atoms with Crippen molar-refractivity contribution in [3.63, 3.8) is 0 Å². The molecule has 96 valence electrons. The number of nitrogens with one attached hydrogen (secondary N) is 1. The quantitative estimate of drug-likeness (QED) is 0.809. The third kappa shape index (κ3) is 5.70. The van der Waals surface area contributed by atoms with Gasteiger partial charge in [-0.25, -0.2) is 0 Å². The summed E-state index contributed by atoms with van der Waals surface area (Å²) in [5.41, 5.74) is 0. The minimum atomic E-state index is -4.00. The Hall–Kier alpha value is -0.290. The molecule has 0 aromatic carbocycles. The first-order valence-corrected chi connectivity index (χ1v) is 6.00. The summed E-state index contributed by atoms with van der Waals surface area (Å²) >= 11 is 0. The van der Waals surface area contributed by atoms with Crippen LogP contribution in [0.15, 0.2) is 0 Å². The molecule has 5 heteroatoms. The number of hydrogen-bond donors (Lipinski definition) is 1. The van der Waals surface area contributed by atoms with Gasteiger partial charge in [0.2, 0.25) is 0 Å². The smallest absolute Gasteiger partial charge is 0.315 e. The molecule has 1 atom stereocenters. The molecule has 1 aliphatic heterocycles. The fourth-order valence-electron chi connectivity index (χ4n) is 2.09. The Balaban J connectivity index is 2.20. The van der Waals surface area contributed by atoms with Gasteiger partial charge >= 0.3 is 6.18 Å². The molecule has 16 heavy (non-hydrogen) atoms. The van der Waals surface area contributed by atoms with E-state index >= 15 is 0 Å². The zero-order valence-electron chi connectivity index (χ0n) is 9.82. The van der Waals surface area contributed by atoms with Crippen LogP contribution in [0.1, 0.15) is 32.6 Å². The summed E-state index contributed by atoms with van der Waals surface area (Å²) < 4.78 is 36.0. The van der Waals surface area contributed by atoms with E-state index in [9.17, 15) is 13.2 Å². The first-order valence-electron chi connectivity index (χ1n) is 6.00. The normalized spacial score (nSPS) is 21.8. The van der Waals surface area contributed by atoms with Gasteiger partial charge in [-0.05, 0) is 39.3 Å². The fraction of sp³-hybridized carbons (Fsp3) is 1.00. The number of rotatable bonds is 4. The lowest BCUT2D eigenvalue weighted by atomic mass is 10.1. The Kier molecular flexibility index (Phi) is 5.55. The van der Waals surface area contributed by atoms with E-state index in [0.29, 0.717) is 6.42 Å². The van der Waals surface area contributed by atoms with E-state index in [1.807, 2.05) is 6.92 Å². The van der Waals surface area contributed by atoms with Gasteiger partial charge in [0.05, 0.1) is 0 Å². The predicted molar refractivity (Wildman–Crippen MR) is 58.4 cm³/mol. The van der Waals surface area contributed by atoms with Crippen LogP contribution in [-0.4, -0.2) is 43.3 Å². The highest BCUT2D eigenvalue weighted by molar-refractivity contribution is 4.72. The second-order valence-electron chi connectivity index (χ2n) is 4.50. The highest BCUT2D eigenvalue weighted by Crippen LogP contribution is 2.23. The van der Waals surface area contributed by atoms with Gasteiger partial charge in [0.1, 0.15) is 0 Å². The van der Waals surface area contributed by atoms with E-state index < -0.39 is 12.6 Å². The van der Waals surface area contributed by atoms with Gasteiger partial charge < -0.3 is 5.32 Å². The molecule has 0 saturated carbocycles. The van der Waals surface area contributed by atoms with Gasteiger partial charge in [0.25, 0.3) is 0 Å². The zero-order valence-corrected chi connectivity index (χ0v) is 9.82. The van der Waals surface area contributed by atoms with Crippen LogP contribution in [0.2, 0.25) is 0 Å². The highest BCUT2D eigenvalue weighted by atomic mass is 19.4. The average Bonchev–Trinajstić information content (AvgIpc) is 2.43. The molecule has 1 rings (SSSR count). The van der Waals surface area contributed by atoms with Crippen LogP contribution in [0.5, 0.6) is 0 Å². The van der Waals surface area contributed by atoms with E-state index in [4.69, 9.17) is 0 Å². The monoisotopic (exact) mass is 238 g/mol. The molecule has 1 saturated heterocycles. The van der Waals surface area contributed by atoms with Crippen LogP contribution in [0, 0.1) is 0 Å². The third-order valence-corrected chi connectivity index (χ3v) is 3.08. The van der Waals surface area contributed by atoms with Crippen molar-refractivity contribution >= 4 is 0 Å². The van der Waals surface area contributed by atoms with Crippen molar-refractivity contribution in [3.8, 4) is 0 Å². The van der Waals surface area contributed by atoms with E-state index in [0.717, 1.165) is 32.6 Å². The van der Waals surface area contributed by atoms with Crippen molar-refractivity contribution in [3.05, 3.63) is 0 Å². The Labute approximate surface area is 95.2 Å². The summed E-state index contributed by atoms with van der Waals surface area (Å²) in [6, 6.07) is 0.266. The van der Waals surface area contributed by atoms with Gasteiger partial charge in [0, 0.05) is 25.6 Å². The fourth-order valence-corrected chi connectivity index (χ4v) is 2.09. The minimum Gasteiger partial charge on any atom is -0.315 e. The molecule has 0 aromatic heterocycles. The van der Waals surface area contributed by atoms with Crippen LogP contribution >= 0.6 is 0 Å². The predicted octanol–water partition coefficient (Wildman–Crippen LogP) is 2.40. The largest absolute Gasteiger partial charge is 0.389 e. The van der Waals surface area contributed by atoms with Gasteiger partial charge in [-0.1, -0.05) is 0 Å². The molecule has 1 N–H and O–H groups in total. The van der Waals surface area contributed by atoms with Crippen LogP contribution in [0.4, 0.5) is 13.2 Å². The number of halogens is 3. The summed E-state index contributed by atoms with van der Waals surface area (Å²) in [6.07, 6.45) is -2.68. The van der Waals surface area contributed by atoms with Gasteiger partial charge in [-0.3, -0.25) is 4.90 Å². The lowest BCUT2D eigenvalue weighted by Gasteiger charge is -2.27. The summed E-state index contributed by atoms with van der Waals surface area (Å²) in [6.45, 7) is 5.95. The summed E-state index contributed by atoms with van der Waals surface area (Å²) in [4.78, 5) is 2.29. The number of hydrogen-bond acceptors (Lipinski definition) is 2. The minimum absolute atomic E-state index is 0.245. The molecular weight excluding hydrogens is 217 g/mol. The maximum absolute atomic E-state index is 12.0. The molecule has 0 spiro atoms. The van der Waals surface area contributed by atoms with Gasteiger partial charge in [-0.2, -0.15) is 13.2 Å². The summed E-state index contributed by atoms with van der Waals surface area (Å²) in [7, 11) is 0. The average molecular weight is 238 g/mol. The SMILES string of the molecule is CC(CCCC(F)(F)F)N1CCCNCC1. The molecule has 0 bridgehead atoms. The van der Waals surface area contributed by atoms with Crippen molar-refractivity contribution in [1.82, 2.24) is 10.2 Å². The molecule has 1 heterocycles. The molecule has 0 aromatic rings. The van der Waals surface area contributed by atoms with Crippen molar-refractivity contribution < 1.29 is 13.2 Å². The van der Waals surface area contributed by atoms with Crippen LogP contribution in [0.25, 0.3) is 0 Å². The number of nitrogens with zero attached hydrogens (tertiary/aromatic N) is 1. The van der Waals surface area contributed by atoms with Gasteiger partial charge in [0.15, 0.2) is 0 Å². The lowest BCUT2D eigenvalue weighted by molar-refractivity contribution is -0.136. The first-order chi connectivity index (χ1) is 7.49. The first kappa shape index (κ1) is 13.8. The summed E-state index contributed by atoms with van der Waals surface area (Å²) in [5, 5.41) is 3.29. The Morgan fingerprint density at radius 2 is 2.00 bits per heavy atom. The molecule has 1 unspecified atom stereocenters. The maximum atomic E-state index is 12.0. The van der Waals surface area contributed by atoms with Crippen molar-refractivity contribution in [2.24, 2.45) is 0 Å². The maximum Gasteiger partial charge on any atom is 0.389 e. The lowest BCUT2D eigenvalue weighted by Crippen LogP contribution is -2.36. The molecule has 2 nitrogen and oxygen atoms in total. The standard InChI is InChI=1S/C11H21F3N2/c1-10(4-2-5-11(12,13)14)16-8-3-6-15-7-9-16/h10,15H,2-9H2,1H3. The molecule has 1 aliphatic rings.